The van der Waals surface area contributed by atoms with Crippen LogP contribution in [-0.2, 0) is 10.2 Å². The van der Waals surface area contributed by atoms with Gasteiger partial charge < -0.3 is 24.9 Å². The van der Waals surface area contributed by atoms with Crippen LogP contribution in [0.15, 0.2) is 51.7 Å². The summed E-state index contributed by atoms with van der Waals surface area (Å²) in [6.45, 7) is 2.16. The number of aromatic nitrogens is 1. The highest BCUT2D eigenvalue weighted by molar-refractivity contribution is 5.92. The lowest BCUT2D eigenvalue weighted by molar-refractivity contribution is -0.120. The first-order chi connectivity index (χ1) is 15.4. The average molecular weight is 437 g/mol. The smallest absolute Gasteiger partial charge is 0.417 e. The highest BCUT2D eigenvalue weighted by atomic mass is 16.5. The lowest BCUT2D eigenvalue weighted by atomic mass is 9.84. The Bertz CT molecular complexity index is 1220. The van der Waals surface area contributed by atoms with Crippen LogP contribution in [0, 0.1) is 5.92 Å². The highest BCUT2D eigenvalue weighted by Crippen LogP contribution is 2.60. The van der Waals surface area contributed by atoms with Gasteiger partial charge in [-0.1, -0.05) is 18.2 Å². The van der Waals surface area contributed by atoms with E-state index in [0.29, 0.717) is 30.6 Å². The number of carbonyl (C=O) groups excluding carboxylic acids is 1. The number of methoxy groups -OCH3 is 1. The molecule has 1 saturated carbocycles. The number of nitrogens with two attached hydrogens (primary N) is 1. The molecule has 32 heavy (non-hydrogen) atoms. The maximum Gasteiger partial charge on any atom is 0.417 e. The number of aromatic amines is 1. The number of ether oxygens (including phenoxy) is 1. The fourth-order valence-corrected chi connectivity index (χ4v) is 5.35. The lowest BCUT2D eigenvalue weighted by Crippen LogP contribution is -2.35. The molecule has 0 radical (unpaired) electrons. The van der Waals surface area contributed by atoms with E-state index in [1.807, 2.05) is 24.3 Å². The number of amides is 1. The van der Waals surface area contributed by atoms with Crippen molar-refractivity contribution in [1.82, 2.24) is 9.88 Å². The van der Waals surface area contributed by atoms with Crippen molar-refractivity contribution in [2.45, 2.75) is 30.3 Å². The Balaban J connectivity index is 1.53. The van der Waals surface area contributed by atoms with Crippen LogP contribution in [0.1, 0.15) is 29.9 Å². The van der Waals surface area contributed by atoms with Crippen molar-refractivity contribution in [1.29, 1.82) is 0 Å². The maximum atomic E-state index is 12.8. The van der Waals surface area contributed by atoms with Crippen molar-refractivity contribution in [3.8, 4) is 5.75 Å². The van der Waals surface area contributed by atoms with Gasteiger partial charge >= 0.3 is 5.76 Å². The number of rotatable bonds is 7. The Labute approximate surface area is 185 Å². The number of nitrogens with one attached hydrogen (secondary N) is 1. The van der Waals surface area contributed by atoms with Crippen LogP contribution in [0.4, 0.5) is 0 Å². The van der Waals surface area contributed by atoms with Gasteiger partial charge in [-0.05, 0) is 54.2 Å². The molecule has 8 nitrogen and oxygen atoms in total. The average Bonchev–Trinajstić information content (AvgIpc) is 3.22. The monoisotopic (exact) mass is 437 g/mol. The quantitative estimate of drug-likeness (QED) is 0.517. The van der Waals surface area contributed by atoms with E-state index >= 15 is 0 Å². The van der Waals surface area contributed by atoms with Crippen molar-refractivity contribution >= 4 is 17.0 Å². The second-order valence-electron chi connectivity index (χ2n) is 8.96. The van der Waals surface area contributed by atoms with Crippen LogP contribution in [0.5, 0.6) is 5.75 Å². The molecule has 0 spiro atoms. The molecule has 1 aromatic heterocycles. The second kappa shape index (κ2) is 7.79. The normalized spacial score (nSPS) is 26.3. The summed E-state index contributed by atoms with van der Waals surface area (Å²) in [6.07, 6.45) is 1.05. The van der Waals surface area contributed by atoms with Crippen molar-refractivity contribution in [2.24, 2.45) is 11.7 Å². The summed E-state index contributed by atoms with van der Waals surface area (Å²) < 4.78 is 10.6. The zero-order chi connectivity index (χ0) is 22.5. The molecule has 3 aromatic rings. The van der Waals surface area contributed by atoms with E-state index in [2.05, 4.69) is 16.0 Å². The summed E-state index contributed by atoms with van der Waals surface area (Å²) in [6, 6.07) is 13.3. The Hall–Kier alpha value is -3.10. The number of aliphatic hydroxyl groups excluding tert-OH is 1. The van der Waals surface area contributed by atoms with E-state index in [9.17, 15) is 14.7 Å². The fraction of sp³-hybridized carbons (Fsp3) is 0.417. The minimum Gasteiger partial charge on any atom is -0.497 e. The fourth-order valence-electron chi connectivity index (χ4n) is 5.35. The molecule has 2 unspecified atom stereocenters. The van der Waals surface area contributed by atoms with Gasteiger partial charge in [-0.25, -0.2) is 4.79 Å². The molecule has 168 valence electrons. The van der Waals surface area contributed by atoms with Crippen LogP contribution in [0.3, 0.4) is 0 Å². The minimum atomic E-state index is -0.825. The third-order valence-corrected chi connectivity index (χ3v) is 7.10. The molecule has 4 N–H and O–H groups in total. The molecule has 2 fully saturated rings. The molecular weight excluding hydrogens is 410 g/mol. The Morgan fingerprint density at radius 2 is 2.22 bits per heavy atom. The highest BCUT2D eigenvalue weighted by Gasteiger charge is 2.63. The van der Waals surface area contributed by atoms with Gasteiger partial charge in [0.15, 0.2) is 5.58 Å². The Morgan fingerprint density at radius 3 is 2.94 bits per heavy atom. The third-order valence-electron chi connectivity index (χ3n) is 7.10. The number of primary amides is 1. The third kappa shape index (κ3) is 3.49. The van der Waals surface area contributed by atoms with Crippen LogP contribution < -0.4 is 16.2 Å². The molecule has 2 aliphatic rings. The van der Waals surface area contributed by atoms with Crippen LogP contribution in [-0.4, -0.2) is 53.7 Å². The molecule has 1 amide bonds. The van der Waals surface area contributed by atoms with E-state index < -0.39 is 11.2 Å². The van der Waals surface area contributed by atoms with E-state index in [0.717, 1.165) is 29.8 Å². The van der Waals surface area contributed by atoms with Gasteiger partial charge in [-0.3, -0.25) is 9.78 Å². The molecule has 1 aliphatic carbocycles. The van der Waals surface area contributed by atoms with Crippen molar-refractivity contribution in [3.63, 3.8) is 0 Å². The first-order valence-electron chi connectivity index (χ1n) is 10.9. The first-order valence-corrected chi connectivity index (χ1v) is 10.9. The van der Waals surface area contributed by atoms with E-state index in [1.54, 1.807) is 19.2 Å². The topological polar surface area (TPSA) is 122 Å². The first kappa shape index (κ1) is 20.8. The number of nitrogens with zero attached hydrogens (tertiary/aromatic N) is 1. The summed E-state index contributed by atoms with van der Waals surface area (Å²) in [7, 11) is 1.64. The maximum absolute atomic E-state index is 12.8. The van der Waals surface area contributed by atoms with Gasteiger partial charge in [-0.15, -0.1) is 0 Å². The SMILES string of the molecule is COc1cccc([C@@H](CN2CC[C@H](O)C2)C2CC2(C(N)=O)c2ccc3oc(=O)[nH]c3c2)c1. The van der Waals surface area contributed by atoms with Crippen LogP contribution in [0.25, 0.3) is 11.1 Å². The zero-order valence-corrected chi connectivity index (χ0v) is 17.9. The van der Waals surface area contributed by atoms with Gasteiger partial charge in [-0.2, -0.15) is 0 Å². The zero-order valence-electron chi connectivity index (χ0n) is 17.9. The van der Waals surface area contributed by atoms with Crippen molar-refractivity contribution < 1.29 is 19.1 Å². The van der Waals surface area contributed by atoms with Gasteiger partial charge in [0.05, 0.1) is 24.1 Å². The molecule has 2 aromatic carbocycles. The molecule has 0 bridgehead atoms. The van der Waals surface area contributed by atoms with E-state index in [4.69, 9.17) is 14.9 Å². The second-order valence-corrected chi connectivity index (χ2v) is 8.96. The van der Waals surface area contributed by atoms with Crippen LogP contribution >= 0.6 is 0 Å². The number of β-amino-alcohol motifs (C(OH)–C–C–N with tert-alkyl or cyclic N) is 1. The molecule has 1 saturated heterocycles. The largest absolute Gasteiger partial charge is 0.497 e. The molecular formula is C24H27N3O5. The number of likely N-dealkylation sites (tertiary alicyclic amines) is 1. The summed E-state index contributed by atoms with van der Waals surface area (Å²) in [5.41, 5.74) is 8.04. The number of aliphatic hydroxyl groups is 1. The van der Waals surface area contributed by atoms with Gasteiger partial charge in [0.25, 0.3) is 0 Å². The standard InChI is InChI=1S/C24H27N3O5/c1-31-17-4-2-3-14(9-17)18(13-27-8-7-16(28)12-27)19-11-24(19,22(25)29)15-5-6-21-20(10-15)26-23(30)32-21/h2-6,9-10,16,18-19,28H,7-8,11-13H2,1H3,(H2,25,29)(H,26,30)/t16-,18+,19?,24?/m0/s1. The van der Waals surface area contributed by atoms with E-state index in [1.165, 1.54) is 0 Å². The molecule has 8 heteroatoms. The van der Waals surface area contributed by atoms with Crippen molar-refractivity contribution in [3.05, 3.63) is 64.1 Å². The van der Waals surface area contributed by atoms with Crippen molar-refractivity contribution in [2.75, 3.05) is 26.7 Å². The number of fused-ring (bicyclic) bond motifs is 1. The number of benzene rings is 2. The summed E-state index contributed by atoms with van der Waals surface area (Å²) in [4.78, 5) is 29.3. The van der Waals surface area contributed by atoms with E-state index in [-0.39, 0.29) is 23.8 Å². The van der Waals surface area contributed by atoms with Gasteiger partial charge in [0.1, 0.15) is 5.75 Å². The number of H-pyrrole nitrogens is 1. The molecule has 4 atom stereocenters. The molecule has 5 rings (SSSR count). The Morgan fingerprint density at radius 1 is 1.38 bits per heavy atom. The molecule has 2 heterocycles. The lowest BCUT2D eigenvalue weighted by Gasteiger charge is -2.27. The van der Waals surface area contributed by atoms with Crippen LogP contribution in [0.2, 0.25) is 0 Å². The molecule has 1 aliphatic heterocycles. The number of carbonyl (C=O) groups is 1. The number of oxazole rings is 1. The summed E-state index contributed by atoms with van der Waals surface area (Å²) >= 11 is 0. The summed E-state index contributed by atoms with van der Waals surface area (Å²) in [5, 5.41) is 10.0. The predicted molar refractivity (Wildman–Crippen MR) is 119 cm³/mol. The van der Waals surface area contributed by atoms with Gasteiger partial charge in [0.2, 0.25) is 5.91 Å². The minimum absolute atomic E-state index is 0.0130. The summed E-state index contributed by atoms with van der Waals surface area (Å²) in [5.74, 6) is -0.124. The van der Waals surface area contributed by atoms with Gasteiger partial charge in [0, 0.05) is 25.6 Å². The number of hydrogen-bond donors (Lipinski definition) is 3. The predicted octanol–water partition coefficient (Wildman–Crippen LogP) is 1.72. The number of hydrogen-bond acceptors (Lipinski definition) is 6. The Kier molecular flexibility index (Phi) is 5.06.